The van der Waals surface area contributed by atoms with E-state index >= 15 is 0 Å². The molecule has 2 heterocycles. The van der Waals surface area contributed by atoms with Gasteiger partial charge in [-0.2, -0.15) is 0 Å². The van der Waals surface area contributed by atoms with E-state index in [2.05, 4.69) is 40.2 Å². The SMILES string of the molecule is CCOCCCN1Cc2cccc(N3CCNCC3)c2C1. The van der Waals surface area contributed by atoms with E-state index in [9.17, 15) is 0 Å². The fourth-order valence-electron chi connectivity index (χ4n) is 3.37. The van der Waals surface area contributed by atoms with Crippen molar-refractivity contribution >= 4 is 5.69 Å². The molecule has 0 amide bonds. The Labute approximate surface area is 128 Å². The Morgan fingerprint density at radius 2 is 2.05 bits per heavy atom. The Bertz CT molecular complexity index is 457. The van der Waals surface area contributed by atoms with E-state index in [4.69, 9.17) is 4.74 Å². The van der Waals surface area contributed by atoms with E-state index in [-0.39, 0.29) is 0 Å². The van der Waals surface area contributed by atoms with Gasteiger partial charge < -0.3 is 15.0 Å². The lowest BCUT2D eigenvalue weighted by molar-refractivity contribution is 0.131. The molecule has 1 aromatic carbocycles. The van der Waals surface area contributed by atoms with Crippen LogP contribution in [0.4, 0.5) is 5.69 Å². The molecule has 3 rings (SSSR count). The zero-order valence-electron chi connectivity index (χ0n) is 13.1. The Morgan fingerprint density at radius 3 is 2.86 bits per heavy atom. The van der Waals surface area contributed by atoms with Gasteiger partial charge in [-0.05, 0) is 30.5 Å². The van der Waals surface area contributed by atoms with E-state index in [1.165, 1.54) is 11.3 Å². The van der Waals surface area contributed by atoms with Gasteiger partial charge in [0.1, 0.15) is 0 Å². The van der Waals surface area contributed by atoms with Crippen LogP contribution in [0, 0.1) is 0 Å². The van der Waals surface area contributed by atoms with Gasteiger partial charge in [-0.25, -0.2) is 0 Å². The van der Waals surface area contributed by atoms with Crippen molar-refractivity contribution in [2.24, 2.45) is 0 Å². The van der Waals surface area contributed by atoms with E-state index < -0.39 is 0 Å². The summed E-state index contributed by atoms with van der Waals surface area (Å²) in [6.45, 7) is 11.6. The standard InChI is InChI=1S/C17H27N3O/c1-2-21-12-4-9-19-13-15-5-3-6-17(16(15)14-19)20-10-7-18-8-11-20/h3,5-6,18H,2,4,7-14H2,1H3. The monoisotopic (exact) mass is 289 g/mol. The van der Waals surface area contributed by atoms with Crippen LogP contribution in [-0.4, -0.2) is 50.8 Å². The smallest absolute Gasteiger partial charge is 0.0478 e. The summed E-state index contributed by atoms with van der Waals surface area (Å²) in [7, 11) is 0. The Kier molecular flexibility index (Phi) is 5.12. The quantitative estimate of drug-likeness (QED) is 0.809. The highest BCUT2D eigenvalue weighted by molar-refractivity contribution is 5.58. The topological polar surface area (TPSA) is 27.7 Å². The van der Waals surface area contributed by atoms with E-state index in [0.717, 1.165) is 65.4 Å². The van der Waals surface area contributed by atoms with Gasteiger partial charge in [-0.3, -0.25) is 4.90 Å². The first kappa shape index (κ1) is 14.8. The van der Waals surface area contributed by atoms with Crippen LogP contribution < -0.4 is 10.2 Å². The number of nitrogens with one attached hydrogen (secondary N) is 1. The average Bonchev–Trinajstić information content (AvgIpc) is 2.95. The van der Waals surface area contributed by atoms with Crippen LogP contribution in [0.15, 0.2) is 18.2 Å². The highest BCUT2D eigenvalue weighted by Gasteiger charge is 2.23. The van der Waals surface area contributed by atoms with Gasteiger partial charge in [-0.15, -0.1) is 0 Å². The second-order valence-corrected chi connectivity index (χ2v) is 5.91. The van der Waals surface area contributed by atoms with E-state index in [0.29, 0.717) is 0 Å². The van der Waals surface area contributed by atoms with Crippen LogP contribution in [-0.2, 0) is 17.8 Å². The fourth-order valence-corrected chi connectivity index (χ4v) is 3.37. The first-order chi connectivity index (χ1) is 10.4. The molecule has 21 heavy (non-hydrogen) atoms. The van der Waals surface area contributed by atoms with Crippen LogP contribution >= 0.6 is 0 Å². The van der Waals surface area contributed by atoms with E-state index in [1.807, 2.05) is 0 Å². The third kappa shape index (κ3) is 3.57. The molecule has 0 saturated carbocycles. The summed E-state index contributed by atoms with van der Waals surface area (Å²) in [5.41, 5.74) is 4.53. The lowest BCUT2D eigenvalue weighted by Gasteiger charge is -2.31. The van der Waals surface area contributed by atoms with Gasteiger partial charge in [0.2, 0.25) is 0 Å². The molecule has 0 aromatic heterocycles. The number of hydrogen-bond donors (Lipinski definition) is 1. The molecule has 1 aromatic rings. The predicted molar refractivity (Wildman–Crippen MR) is 86.7 cm³/mol. The normalized spacial score (nSPS) is 19.0. The summed E-state index contributed by atoms with van der Waals surface area (Å²) in [6.07, 6.45) is 1.13. The molecule has 0 atom stereocenters. The summed E-state index contributed by atoms with van der Waals surface area (Å²) in [5, 5.41) is 3.43. The van der Waals surface area contributed by atoms with Crippen molar-refractivity contribution < 1.29 is 4.74 Å². The van der Waals surface area contributed by atoms with Crippen LogP contribution in [0.1, 0.15) is 24.5 Å². The number of ether oxygens (including phenoxy) is 1. The van der Waals surface area contributed by atoms with Crippen molar-refractivity contribution in [3.05, 3.63) is 29.3 Å². The van der Waals surface area contributed by atoms with Crippen molar-refractivity contribution in [1.29, 1.82) is 0 Å². The van der Waals surface area contributed by atoms with Crippen LogP contribution in [0.3, 0.4) is 0 Å². The van der Waals surface area contributed by atoms with Gasteiger partial charge in [0.25, 0.3) is 0 Å². The molecule has 4 heteroatoms. The van der Waals surface area contributed by atoms with Crippen LogP contribution in [0.5, 0.6) is 0 Å². The molecule has 0 unspecified atom stereocenters. The second-order valence-electron chi connectivity index (χ2n) is 5.91. The molecule has 2 aliphatic rings. The Balaban J connectivity index is 1.62. The fraction of sp³-hybridized carbons (Fsp3) is 0.647. The third-order valence-electron chi connectivity index (χ3n) is 4.45. The summed E-state index contributed by atoms with van der Waals surface area (Å²) in [4.78, 5) is 5.09. The zero-order valence-corrected chi connectivity index (χ0v) is 13.1. The molecule has 1 N–H and O–H groups in total. The molecule has 1 saturated heterocycles. The molecule has 2 aliphatic heterocycles. The van der Waals surface area contributed by atoms with Crippen LogP contribution in [0.2, 0.25) is 0 Å². The minimum absolute atomic E-state index is 0.827. The number of fused-ring (bicyclic) bond motifs is 1. The number of rotatable bonds is 6. The number of hydrogen-bond acceptors (Lipinski definition) is 4. The Morgan fingerprint density at radius 1 is 1.19 bits per heavy atom. The minimum atomic E-state index is 0.827. The first-order valence-electron chi connectivity index (χ1n) is 8.25. The Hall–Kier alpha value is -1.10. The third-order valence-corrected chi connectivity index (χ3v) is 4.45. The molecule has 0 bridgehead atoms. The average molecular weight is 289 g/mol. The van der Waals surface area contributed by atoms with Gasteiger partial charge in [0.15, 0.2) is 0 Å². The lowest BCUT2D eigenvalue weighted by atomic mass is 10.1. The van der Waals surface area contributed by atoms with Crippen LogP contribution in [0.25, 0.3) is 0 Å². The molecule has 0 radical (unpaired) electrons. The van der Waals surface area contributed by atoms with Gasteiger partial charge in [-0.1, -0.05) is 12.1 Å². The first-order valence-corrected chi connectivity index (χ1v) is 8.25. The molecular formula is C17H27N3O. The predicted octanol–water partition coefficient (Wildman–Crippen LogP) is 1.84. The summed E-state index contributed by atoms with van der Waals surface area (Å²) in [5.74, 6) is 0. The summed E-state index contributed by atoms with van der Waals surface area (Å²) in [6, 6.07) is 6.82. The zero-order chi connectivity index (χ0) is 14.5. The number of benzene rings is 1. The number of piperazine rings is 1. The van der Waals surface area contributed by atoms with Gasteiger partial charge in [0.05, 0.1) is 0 Å². The largest absolute Gasteiger partial charge is 0.382 e. The van der Waals surface area contributed by atoms with Gasteiger partial charge >= 0.3 is 0 Å². The molecule has 4 nitrogen and oxygen atoms in total. The maximum Gasteiger partial charge on any atom is 0.0478 e. The minimum Gasteiger partial charge on any atom is -0.382 e. The molecule has 1 fully saturated rings. The van der Waals surface area contributed by atoms with Gasteiger partial charge in [0, 0.05) is 64.7 Å². The maximum absolute atomic E-state index is 5.45. The highest BCUT2D eigenvalue weighted by atomic mass is 16.5. The highest BCUT2D eigenvalue weighted by Crippen LogP contribution is 2.31. The molecule has 0 aliphatic carbocycles. The van der Waals surface area contributed by atoms with Crippen molar-refractivity contribution in [3.8, 4) is 0 Å². The lowest BCUT2D eigenvalue weighted by Crippen LogP contribution is -2.43. The van der Waals surface area contributed by atoms with Crippen molar-refractivity contribution in [2.75, 3.05) is 50.8 Å². The van der Waals surface area contributed by atoms with Crippen molar-refractivity contribution in [3.63, 3.8) is 0 Å². The number of nitrogens with zero attached hydrogens (tertiary/aromatic N) is 2. The molecule has 0 spiro atoms. The number of anilines is 1. The van der Waals surface area contributed by atoms with E-state index in [1.54, 1.807) is 5.56 Å². The maximum atomic E-state index is 5.45. The van der Waals surface area contributed by atoms with Crippen molar-refractivity contribution in [1.82, 2.24) is 10.2 Å². The molecular weight excluding hydrogens is 262 g/mol. The second kappa shape index (κ2) is 7.25. The summed E-state index contributed by atoms with van der Waals surface area (Å²) >= 11 is 0. The summed E-state index contributed by atoms with van der Waals surface area (Å²) < 4.78 is 5.45. The van der Waals surface area contributed by atoms with Crippen molar-refractivity contribution in [2.45, 2.75) is 26.4 Å². The molecule has 116 valence electrons.